The van der Waals surface area contributed by atoms with Crippen LogP contribution in [0, 0.1) is 13.8 Å². The molecule has 22 heavy (non-hydrogen) atoms. The number of hydrogen-bond acceptors (Lipinski definition) is 0. The van der Waals surface area contributed by atoms with Crippen molar-refractivity contribution in [3.8, 4) is 0 Å². The Labute approximate surface area is 141 Å². The first kappa shape index (κ1) is 19.7. The van der Waals surface area contributed by atoms with Crippen LogP contribution in [0.5, 0.6) is 0 Å². The third kappa shape index (κ3) is 3.28. The Morgan fingerprint density at radius 1 is 0.545 bits per heavy atom. The van der Waals surface area contributed by atoms with Gasteiger partial charge in [0.25, 0.3) is 0 Å². The van der Waals surface area contributed by atoms with Crippen molar-refractivity contribution in [1.82, 2.24) is 0 Å². The zero-order chi connectivity index (χ0) is 17.0. The molecule has 0 radical (unpaired) electrons. The van der Waals surface area contributed by atoms with Crippen LogP contribution in [0.3, 0.4) is 0 Å². The summed E-state index contributed by atoms with van der Waals surface area (Å²) < 4.78 is 0. The SMILES string of the molecule is CC[Si](CC)(CC)c1cc([Si](CC)(CC)CC)c(C)cc1C. The minimum absolute atomic E-state index is 1.29. The van der Waals surface area contributed by atoms with Crippen LogP contribution >= 0.6 is 0 Å². The Hall–Kier alpha value is -0.346. The lowest BCUT2D eigenvalue weighted by molar-refractivity contribution is 1.18. The molecule has 0 amide bonds. The number of aryl methyl sites for hydroxylation is 2. The Balaban J connectivity index is 3.61. The van der Waals surface area contributed by atoms with Crippen molar-refractivity contribution in [3.63, 3.8) is 0 Å². The Kier molecular flexibility index (Phi) is 7.13. The summed E-state index contributed by atoms with van der Waals surface area (Å²) in [5, 5.41) is 3.57. The largest absolute Gasteiger partial charge is 0.0862 e. The molecule has 0 bridgehead atoms. The van der Waals surface area contributed by atoms with Gasteiger partial charge in [-0.05, 0) is 13.8 Å². The highest BCUT2D eigenvalue weighted by atomic mass is 28.3. The van der Waals surface area contributed by atoms with Crippen molar-refractivity contribution < 1.29 is 0 Å². The second kappa shape index (κ2) is 7.96. The van der Waals surface area contributed by atoms with E-state index in [1.54, 1.807) is 21.5 Å². The van der Waals surface area contributed by atoms with Crippen LogP contribution in [0.4, 0.5) is 0 Å². The molecule has 0 spiro atoms. The van der Waals surface area contributed by atoms with E-state index in [0.29, 0.717) is 0 Å². The van der Waals surface area contributed by atoms with E-state index in [0.717, 1.165) is 0 Å². The third-order valence-corrected chi connectivity index (χ3v) is 18.3. The molecule has 0 aliphatic carbocycles. The molecule has 1 rings (SSSR count). The first-order valence-corrected chi connectivity index (χ1v) is 14.8. The summed E-state index contributed by atoms with van der Waals surface area (Å²) in [6, 6.07) is 13.6. The van der Waals surface area contributed by atoms with Crippen molar-refractivity contribution in [1.29, 1.82) is 0 Å². The molecule has 1 aromatic rings. The van der Waals surface area contributed by atoms with Crippen molar-refractivity contribution in [3.05, 3.63) is 23.3 Å². The van der Waals surface area contributed by atoms with Gasteiger partial charge in [-0.1, -0.05) is 111 Å². The Morgan fingerprint density at radius 3 is 1.05 bits per heavy atom. The van der Waals surface area contributed by atoms with Gasteiger partial charge < -0.3 is 0 Å². The maximum absolute atomic E-state index is 2.72. The van der Waals surface area contributed by atoms with Crippen molar-refractivity contribution in [2.24, 2.45) is 0 Å². The standard InChI is InChI=1S/C20H38Si2/c1-9-21(10-2,11-3)19-16-20(18(8)15-17(19)7)22(12-4,13-5)14-6/h15-16H,9-14H2,1-8H3. The summed E-state index contributed by atoms with van der Waals surface area (Å²) in [6.45, 7) is 19.3. The third-order valence-electron chi connectivity index (χ3n) is 6.77. The predicted octanol–water partition coefficient (Wildman–Crippen LogP) is 5.73. The van der Waals surface area contributed by atoms with Crippen LogP contribution in [0.15, 0.2) is 12.1 Å². The number of benzene rings is 1. The van der Waals surface area contributed by atoms with E-state index >= 15 is 0 Å². The fraction of sp³-hybridized carbons (Fsp3) is 0.700. The highest BCUT2D eigenvalue weighted by Gasteiger charge is 2.35. The number of hydrogen-bond donors (Lipinski definition) is 0. The van der Waals surface area contributed by atoms with Gasteiger partial charge in [-0.2, -0.15) is 0 Å². The lowest BCUT2D eigenvalue weighted by atomic mass is 10.1. The van der Waals surface area contributed by atoms with Crippen LogP contribution < -0.4 is 10.4 Å². The second-order valence-corrected chi connectivity index (χ2v) is 17.6. The zero-order valence-electron chi connectivity index (χ0n) is 16.4. The molecule has 0 aliphatic rings. The summed E-state index contributed by atoms with van der Waals surface area (Å²) in [7, 11) is -2.57. The Morgan fingerprint density at radius 2 is 0.818 bits per heavy atom. The van der Waals surface area contributed by atoms with Crippen molar-refractivity contribution >= 4 is 26.5 Å². The van der Waals surface area contributed by atoms with Gasteiger partial charge in [0.1, 0.15) is 0 Å². The lowest BCUT2D eigenvalue weighted by Gasteiger charge is -2.35. The molecule has 0 unspecified atom stereocenters. The quantitative estimate of drug-likeness (QED) is 0.532. The van der Waals surface area contributed by atoms with Crippen LogP contribution in [0.1, 0.15) is 52.7 Å². The normalized spacial score (nSPS) is 12.7. The molecule has 0 saturated heterocycles. The second-order valence-electron chi connectivity index (χ2n) is 7.16. The average Bonchev–Trinajstić information content (AvgIpc) is 2.54. The van der Waals surface area contributed by atoms with Gasteiger partial charge in [0, 0.05) is 0 Å². The fourth-order valence-electron chi connectivity index (χ4n) is 4.64. The van der Waals surface area contributed by atoms with Gasteiger partial charge in [0.2, 0.25) is 0 Å². The van der Waals surface area contributed by atoms with E-state index in [2.05, 4.69) is 67.5 Å². The van der Waals surface area contributed by atoms with E-state index in [1.165, 1.54) is 36.3 Å². The Bertz CT molecular complexity index is 425. The molecule has 1 aromatic carbocycles. The molecular formula is C20H38Si2. The van der Waals surface area contributed by atoms with E-state index in [4.69, 9.17) is 0 Å². The smallest absolute Gasteiger partial charge is 0.0675 e. The van der Waals surface area contributed by atoms with E-state index in [-0.39, 0.29) is 0 Å². The number of rotatable bonds is 8. The first-order valence-electron chi connectivity index (χ1n) is 9.52. The molecule has 0 saturated carbocycles. The van der Waals surface area contributed by atoms with Crippen LogP contribution in [-0.2, 0) is 0 Å². The fourth-order valence-corrected chi connectivity index (χ4v) is 12.8. The van der Waals surface area contributed by atoms with Crippen molar-refractivity contribution in [2.75, 3.05) is 0 Å². The summed E-state index contributed by atoms with van der Waals surface area (Å²) >= 11 is 0. The summed E-state index contributed by atoms with van der Waals surface area (Å²) in [5.74, 6) is 0. The minimum Gasteiger partial charge on any atom is -0.0675 e. The monoisotopic (exact) mass is 334 g/mol. The van der Waals surface area contributed by atoms with E-state index < -0.39 is 16.1 Å². The van der Waals surface area contributed by atoms with Gasteiger partial charge in [-0.15, -0.1) is 0 Å². The molecule has 0 fully saturated rings. The maximum Gasteiger partial charge on any atom is 0.0862 e. The molecule has 0 heterocycles. The van der Waals surface area contributed by atoms with Crippen LogP contribution in [0.25, 0.3) is 0 Å². The van der Waals surface area contributed by atoms with Gasteiger partial charge in [-0.25, -0.2) is 0 Å². The van der Waals surface area contributed by atoms with Crippen LogP contribution in [-0.4, -0.2) is 16.1 Å². The van der Waals surface area contributed by atoms with Gasteiger partial charge >= 0.3 is 0 Å². The topological polar surface area (TPSA) is 0 Å². The minimum atomic E-state index is -1.29. The summed E-state index contributed by atoms with van der Waals surface area (Å²) in [6.07, 6.45) is 0. The average molecular weight is 335 g/mol. The zero-order valence-corrected chi connectivity index (χ0v) is 18.4. The molecule has 0 N–H and O–H groups in total. The van der Waals surface area contributed by atoms with Gasteiger partial charge in [0.05, 0.1) is 16.1 Å². The van der Waals surface area contributed by atoms with Crippen molar-refractivity contribution in [2.45, 2.75) is 91.7 Å². The molecule has 126 valence electrons. The van der Waals surface area contributed by atoms with E-state index in [9.17, 15) is 0 Å². The highest BCUT2D eigenvalue weighted by molar-refractivity contribution is 6.94. The molecular weight excluding hydrogens is 296 g/mol. The first-order chi connectivity index (χ1) is 10.4. The molecule has 0 aromatic heterocycles. The van der Waals surface area contributed by atoms with Gasteiger partial charge in [0.15, 0.2) is 0 Å². The molecule has 0 aliphatic heterocycles. The molecule has 0 atom stereocenters. The highest BCUT2D eigenvalue weighted by Crippen LogP contribution is 2.25. The molecule has 0 nitrogen and oxygen atoms in total. The summed E-state index contributed by atoms with van der Waals surface area (Å²) in [5.41, 5.74) is 3.15. The van der Waals surface area contributed by atoms with E-state index in [1.807, 2.05) is 0 Å². The lowest BCUT2D eigenvalue weighted by Crippen LogP contribution is -2.53. The van der Waals surface area contributed by atoms with Crippen LogP contribution in [0.2, 0.25) is 36.3 Å². The maximum atomic E-state index is 2.72. The predicted molar refractivity (Wildman–Crippen MR) is 110 cm³/mol. The molecule has 2 heteroatoms. The summed E-state index contributed by atoms with van der Waals surface area (Å²) in [4.78, 5) is 0. The van der Waals surface area contributed by atoms with Gasteiger partial charge in [-0.3, -0.25) is 0 Å².